The molecular weight excluding hydrogens is 372 g/mol. The maximum absolute atomic E-state index is 11.1. The molecule has 1 aromatic heterocycles. The van der Waals surface area contributed by atoms with Crippen molar-refractivity contribution in [1.82, 2.24) is 10.3 Å². The summed E-state index contributed by atoms with van der Waals surface area (Å²) in [6.07, 6.45) is -0.371. The van der Waals surface area contributed by atoms with Gasteiger partial charge in [-0.15, -0.1) is 11.3 Å². The van der Waals surface area contributed by atoms with E-state index in [1.54, 1.807) is 18.4 Å². The molecule has 0 unspecified atom stereocenters. The second-order valence-corrected chi connectivity index (χ2v) is 7.00. The van der Waals surface area contributed by atoms with Gasteiger partial charge in [0.25, 0.3) is 0 Å². The number of benzene rings is 2. The van der Waals surface area contributed by atoms with Crippen molar-refractivity contribution < 1.29 is 14.3 Å². The molecule has 1 aliphatic heterocycles. The van der Waals surface area contributed by atoms with Crippen molar-refractivity contribution >= 4 is 17.4 Å². The minimum Gasteiger partial charge on any atom is -0.497 e. The Morgan fingerprint density at radius 2 is 2.00 bits per heavy atom. The van der Waals surface area contributed by atoms with Crippen molar-refractivity contribution in [3.05, 3.63) is 81.8 Å². The van der Waals surface area contributed by atoms with E-state index in [0.717, 1.165) is 27.6 Å². The second kappa shape index (κ2) is 9.58. The number of ether oxygens (including phenoxy) is 2. The maximum atomic E-state index is 11.1. The molecule has 2 heterocycles. The average molecular weight is 392 g/mol. The largest absolute Gasteiger partial charge is 0.497 e. The predicted molar refractivity (Wildman–Crippen MR) is 109 cm³/mol. The highest BCUT2D eigenvalue weighted by molar-refractivity contribution is 7.09. The number of aromatic nitrogens is 1. The maximum Gasteiger partial charge on any atom is 0.407 e. The number of cyclic esters (lactones) is 1. The van der Waals surface area contributed by atoms with Gasteiger partial charge in [0, 0.05) is 10.9 Å². The first-order valence-corrected chi connectivity index (χ1v) is 9.58. The Morgan fingerprint density at radius 1 is 1.18 bits per heavy atom. The average Bonchev–Trinajstić information content (AvgIpc) is 3.36. The quantitative estimate of drug-likeness (QED) is 0.660. The van der Waals surface area contributed by atoms with Gasteiger partial charge in [-0.25, -0.2) is 9.78 Å². The van der Waals surface area contributed by atoms with E-state index >= 15 is 0 Å². The number of aryl methyl sites for hydroxylation is 1. The van der Waals surface area contributed by atoms with E-state index in [-0.39, 0.29) is 12.1 Å². The summed E-state index contributed by atoms with van der Waals surface area (Å²) >= 11 is 1.59. The Bertz CT molecular complexity index is 990. The molecular formula is C22H20N2O3S. The number of alkyl carbamates (subject to hydrolysis) is 1. The molecule has 6 heteroatoms. The van der Waals surface area contributed by atoms with Crippen LogP contribution in [0.4, 0.5) is 4.79 Å². The zero-order chi connectivity index (χ0) is 19.8. The normalized spacial score (nSPS) is 14.6. The zero-order valence-corrected chi connectivity index (χ0v) is 16.5. The number of carbonyl (C=O) groups is 1. The van der Waals surface area contributed by atoms with Crippen molar-refractivity contribution in [2.45, 2.75) is 13.0 Å². The first-order valence-electron chi connectivity index (χ1n) is 8.70. The minimum absolute atomic E-state index is 0.0919. The number of amides is 1. The van der Waals surface area contributed by atoms with Gasteiger partial charge in [-0.2, -0.15) is 0 Å². The molecule has 0 bridgehead atoms. The molecule has 0 saturated carbocycles. The topological polar surface area (TPSA) is 60.5 Å². The number of carbonyl (C=O) groups excluding carboxylic acids is 1. The summed E-state index contributed by atoms with van der Waals surface area (Å²) in [5.74, 6) is 7.04. The van der Waals surface area contributed by atoms with Crippen molar-refractivity contribution in [2.24, 2.45) is 0 Å². The first-order chi connectivity index (χ1) is 13.6. The third-order valence-corrected chi connectivity index (χ3v) is 4.67. The Kier molecular flexibility index (Phi) is 6.66. The number of hydrogen-bond acceptors (Lipinski definition) is 5. The molecule has 0 radical (unpaired) electrons. The number of thiazole rings is 1. The number of rotatable bonds is 2. The van der Waals surface area contributed by atoms with Gasteiger partial charge in [0.05, 0.1) is 18.2 Å². The smallest absolute Gasteiger partial charge is 0.407 e. The van der Waals surface area contributed by atoms with E-state index in [9.17, 15) is 4.79 Å². The van der Waals surface area contributed by atoms with Crippen LogP contribution in [0.3, 0.4) is 0 Å². The highest BCUT2D eigenvalue weighted by atomic mass is 32.1. The van der Waals surface area contributed by atoms with E-state index in [0.29, 0.717) is 6.61 Å². The van der Waals surface area contributed by atoms with E-state index in [1.807, 2.05) is 66.9 Å². The fourth-order valence-electron chi connectivity index (χ4n) is 2.51. The lowest BCUT2D eigenvalue weighted by molar-refractivity contribution is 0.177. The van der Waals surface area contributed by atoms with Gasteiger partial charge in [0.15, 0.2) is 0 Å². The lowest BCUT2D eigenvalue weighted by Crippen LogP contribution is -2.18. The van der Waals surface area contributed by atoms with Gasteiger partial charge in [0.2, 0.25) is 0 Å². The Labute approximate surface area is 168 Å². The highest BCUT2D eigenvalue weighted by Gasteiger charge is 2.23. The summed E-state index contributed by atoms with van der Waals surface area (Å²) in [5, 5.41) is 5.70. The fourth-order valence-corrected chi connectivity index (χ4v) is 3.06. The molecule has 5 nitrogen and oxygen atoms in total. The standard InChI is InChI=1S/C15H12N2O2S.C7H8O/c1-10-16-13(9-20-10)6-5-11-3-2-4-12(7-11)14-8-19-15(18)17-14;1-8-7-5-3-2-4-6-7/h2-4,7,9,14H,8H2,1H3,(H,17,18);2-6H,1H3/t14-;/m0./s1. The van der Waals surface area contributed by atoms with Crippen molar-refractivity contribution in [3.8, 4) is 17.6 Å². The van der Waals surface area contributed by atoms with E-state index in [4.69, 9.17) is 9.47 Å². The number of hydrogen-bond donors (Lipinski definition) is 1. The van der Waals surface area contributed by atoms with Crippen LogP contribution in [0.25, 0.3) is 0 Å². The van der Waals surface area contributed by atoms with Gasteiger partial charge in [-0.3, -0.25) is 0 Å². The first kappa shape index (κ1) is 19.5. The molecule has 28 heavy (non-hydrogen) atoms. The van der Waals surface area contributed by atoms with Gasteiger partial charge in [0.1, 0.15) is 18.1 Å². The molecule has 0 aliphatic carbocycles. The van der Waals surface area contributed by atoms with Gasteiger partial charge >= 0.3 is 6.09 Å². The molecule has 1 atom stereocenters. The van der Waals surface area contributed by atoms with Crippen molar-refractivity contribution in [3.63, 3.8) is 0 Å². The van der Waals surface area contributed by atoms with Crippen LogP contribution in [0, 0.1) is 18.8 Å². The summed E-state index contributed by atoms with van der Waals surface area (Å²) < 4.78 is 9.81. The summed E-state index contributed by atoms with van der Waals surface area (Å²) in [6.45, 7) is 2.32. The number of nitrogens with zero attached hydrogens (tertiary/aromatic N) is 1. The lowest BCUT2D eigenvalue weighted by atomic mass is 10.1. The molecule has 1 saturated heterocycles. The zero-order valence-electron chi connectivity index (χ0n) is 15.6. The molecule has 2 aromatic carbocycles. The van der Waals surface area contributed by atoms with Crippen LogP contribution in [0.5, 0.6) is 5.75 Å². The number of nitrogens with one attached hydrogen (secondary N) is 1. The third kappa shape index (κ3) is 5.60. The van der Waals surface area contributed by atoms with Crippen LogP contribution in [0.1, 0.15) is 27.9 Å². The lowest BCUT2D eigenvalue weighted by Gasteiger charge is -2.07. The molecule has 1 amide bonds. The van der Waals surface area contributed by atoms with Crippen molar-refractivity contribution in [1.29, 1.82) is 0 Å². The predicted octanol–water partition coefficient (Wildman–Crippen LogP) is 4.33. The monoisotopic (exact) mass is 392 g/mol. The van der Waals surface area contributed by atoms with Crippen molar-refractivity contribution in [2.75, 3.05) is 13.7 Å². The second-order valence-electron chi connectivity index (χ2n) is 5.94. The van der Waals surface area contributed by atoms with Crippen LogP contribution >= 0.6 is 11.3 Å². The minimum atomic E-state index is -0.371. The van der Waals surface area contributed by atoms with E-state index in [1.165, 1.54) is 0 Å². The van der Waals surface area contributed by atoms with Gasteiger partial charge in [-0.1, -0.05) is 36.3 Å². The highest BCUT2D eigenvalue weighted by Crippen LogP contribution is 2.19. The Balaban J connectivity index is 0.000000236. The summed E-state index contributed by atoms with van der Waals surface area (Å²) in [6, 6.07) is 17.4. The van der Waals surface area contributed by atoms with E-state index in [2.05, 4.69) is 22.1 Å². The van der Waals surface area contributed by atoms with Gasteiger partial charge in [-0.05, 0) is 42.7 Å². The Morgan fingerprint density at radius 3 is 2.61 bits per heavy atom. The van der Waals surface area contributed by atoms with Crippen LogP contribution in [-0.4, -0.2) is 24.8 Å². The molecule has 1 N–H and O–H groups in total. The molecule has 1 aliphatic rings. The summed E-state index contributed by atoms with van der Waals surface area (Å²) in [7, 11) is 1.66. The molecule has 0 spiro atoms. The van der Waals surface area contributed by atoms with Crippen LogP contribution in [0.15, 0.2) is 60.0 Å². The summed E-state index contributed by atoms with van der Waals surface area (Å²) in [5.41, 5.74) is 2.68. The molecule has 1 fully saturated rings. The third-order valence-electron chi connectivity index (χ3n) is 3.89. The van der Waals surface area contributed by atoms with E-state index < -0.39 is 0 Å². The van der Waals surface area contributed by atoms with Crippen LogP contribution in [-0.2, 0) is 4.74 Å². The van der Waals surface area contributed by atoms with Gasteiger partial charge < -0.3 is 14.8 Å². The molecule has 3 aromatic rings. The molecule has 142 valence electrons. The molecule has 4 rings (SSSR count). The SMILES string of the molecule is COc1ccccc1.Cc1nc(C#Cc2cccc([C@@H]3COC(=O)N3)c2)cs1. The van der Waals surface area contributed by atoms with Crippen LogP contribution < -0.4 is 10.1 Å². The van der Waals surface area contributed by atoms with Crippen LogP contribution in [0.2, 0.25) is 0 Å². The fraction of sp³-hybridized carbons (Fsp3) is 0.182. The summed E-state index contributed by atoms with van der Waals surface area (Å²) in [4.78, 5) is 15.4. The Hall–Kier alpha value is -3.30. The number of para-hydroxylation sites is 1. The number of methoxy groups -OCH3 is 1.